The summed E-state index contributed by atoms with van der Waals surface area (Å²) in [4.78, 5) is 15.1. The molecule has 25 heavy (non-hydrogen) atoms. The van der Waals surface area contributed by atoms with E-state index in [-0.39, 0.29) is 18.7 Å². The van der Waals surface area contributed by atoms with Gasteiger partial charge in [0.25, 0.3) is 6.01 Å². The number of ether oxygens (including phenoxy) is 1. The van der Waals surface area contributed by atoms with Crippen LogP contribution in [0.1, 0.15) is 46.5 Å². The highest BCUT2D eigenvalue weighted by Crippen LogP contribution is 2.34. The van der Waals surface area contributed by atoms with Crippen molar-refractivity contribution >= 4 is 12.0 Å². The van der Waals surface area contributed by atoms with Gasteiger partial charge in [0.15, 0.2) is 5.69 Å². The number of fused-ring (bicyclic) bond motifs is 1. The minimum absolute atomic E-state index is 0.0660. The van der Waals surface area contributed by atoms with E-state index in [1.54, 1.807) is 0 Å². The number of anilines is 1. The van der Waals surface area contributed by atoms with Crippen molar-refractivity contribution in [1.82, 2.24) is 15.2 Å². The summed E-state index contributed by atoms with van der Waals surface area (Å²) in [6.45, 7) is 3.35. The largest absolute Gasteiger partial charge is 0.460 e. The molecule has 2 aromatic rings. The zero-order valence-electron chi connectivity index (χ0n) is 13.7. The zero-order chi connectivity index (χ0) is 18.2. The van der Waals surface area contributed by atoms with Gasteiger partial charge in [-0.2, -0.15) is 23.3 Å². The first kappa shape index (κ1) is 17.3. The van der Waals surface area contributed by atoms with Crippen molar-refractivity contribution in [3.05, 3.63) is 28.4 Å². The van der Waals surface area contributed by atoms with Crippen molar-refractivity contribution in [2.75, 3.05) is 11.9 Å². The standard InChI is InChI=1S/C15H17F3N4O3/c1-3-24-13(23)11-12(15(16,17)18)20-14(25-11)19-8-4-5-9-7(2)21-22-10(9)6-8/h8H,3-6H2,1-2H3,(H,19,20)(H,21,22). The van der Waals surface area contributed by atoms with E-state index in [9.17, 15) is 18.0 Å². The van der Waals surface area contributed by atoms with E-state index >= 15 is 0 Å². The number of nitrogens with zero attached hydrogens (tertiary/aromatic N) is 2. The number of carbonyl (C=O) groups is 1. The summed E-state index contributed by atoms with van der Waals surface area (Å²) in [5.74, 6) is -2.13. The Hall–Kier alpha value is -2.52. The van der Waals surface area contributed by atoms with Crippen LogP contribution in [0.2, 0.25) is 0 Å². The molecule has 0 saturated carbocycles. The number of hydrogen-bond acceptors (Lipinski definition) is 6. The maximum Gasteiger partial charge on any atom is 0.437 e. The van der Waals surface area contributed by atoms with Crippen molar-refractivity contribution in [2.45, 2.75) is 45.3 Å². The van der Waals surface area contributed by atoms with Crippen LogP contribution in [0.5, 0.6) is 0 Å². The first-order valence-corrected chi connectivity index (χ1v) is 7.84. The predicted octanol–water partition coefficient (Wildman–Crippen LogP) is 2.87. The van der Waals surface area contributed by atoms with E-state index in [4.69, 9.17) is 4.42 Å². The van der Waals surface area contributed by atoms with Crippen LogP contribution in [-0.4, -0.2) is 33.8 Å². The third-order valence-electron chi connectivity index (χ3n) is 4.03. The second-order valence-electron chi connectivity index (χ2n) is 5.77. The van der Waals surface area contributed by atoms with Gasteiger partial charge in [0.2, 0.25) is 5.76 Å². The third kappa shape index (κ3) is 3.47. The molecule has 10 heteroatoms. The molecule has 0 amide bonds. The topological polar surface area (TPSA) is 93.0 Å². The molecule has 1 unspecified atom stereocenters. The Bertz CT molecular complexity index is 782. The fourth-order valence-electron chi connectivity index (χ4n) is 2.86. The summed E-state index contributed by atoms with van der Waals surface area (Å²) >= 11 is 0. The fourth-order valence-corrected chi connectivity index (χ4v) is 2.86. The van der Waals surface area contributed by atoms with Crippen molar-refractivity contribution in [3.63, 3.8) is 0 Å². The number of esters is 1. The minimum atomic E-state index is -4.81. The van der Waals surface area contributed by atoms with Crippen LogP contribution in [0.25, 0.3) is 0 Å². The van der Waals surface area contributed by atoms with E-state index in [2.05, 4.69) is 25.2 Å². The average Bonchev–Trinajstić information content (AvgIpc) is 3.12. The summed E-state index contributed by atoms with van der Waals surface area (Å²) in [6.07, 6.45) is -2.86. The minimum Gasteiger partial charge on any atom is -0.460 e. The van der Waals surface area contributed by atoms with Gasteiger partial charge in [0.1, 0.15) is 0 Å². The molecule has 0 spiro atoms. The van der Waals surface area contributed by atoms with Gasteiger partial charge in [0, 0.05) is 18.2 Å². The number of halogens is 3. The number of hydrogen-bond donors (Lipinski definition) is 2. The molecule has 2 N–H and O–H groups in total. The molecule has 1 atom stereocenters. The molecule has 3 rings (SSSR count). The Morgan fingerprint density at radius 3 is 2.92 bits per heavy atom. The van der Waals surface area contributed by atoms with Crippen LogP contribution in [-0.2, 0) is 23.8 Å². The van der Waals surface area contributed by atoms with E-state index in [0.717, 1.165) is 23.4 Å². The van der Waals surface area contributed by atoms with Gasteiger partial charge in [-0.05, 0) is 32.3 Å². The molecule has 0 bridgehead atoms. The van der Waals surface area contributed by atoms with E-state index in [0.29, 0.717) is 12.8 Å². The molecule has 136 valence electrons. The fraction of sp³-hybridized carbons (Fsp3) is 0.533. The molecule has 0 radical (unpaired) electrons. The normalized spacial score (nSPS) is 17.2. The molecule has 7 nitrogen and oxygen atoms in total. The lowest BCUT2D eigenvalue weighted by atomic mass is 9.92. The average molecular weight is 358 g/mol. The van der Waals surface area contributed by atoms with Crippen molar-refractivity contribution in [1.29, 1.82) is 0 Å². The van der Waals surface area contributed by atoms with Gasteiger partial charge in [-0.1, -0.05) is 0 Å². The molecular weight excluding hydrogens is 341 g/mol. The van der Waals surface area contributed by atoms with Crippen LogP contribution in [0.4, 0.5) is 19.2 Å². The number of aromatic nitrogens is 3. The van der Waals surface area contributed by atoms with Crippen LogP contribution < -0.4 is 5.32 Å². The molecule has 0 saturated heterocycles. The summed E-state index contributed by atoms with van der Waals surface area (Å²) in [6, 6.07) is -0.541. The predicted molar refractivity (Wildman–Crippen MR) is 80.2 cm³/mol. The molecule has 0 aromatic carbocycles. The Morgan fingerprint density at radius 1 is 1.48 bits per heavy atom. The highest BCUT2D eigenvalue weighted by atomic mass is 19.4. The van der Waals surface area contributed by atoms with Gasteiger partial charge in [-0.3, -0.25) is 5.10 Å². The second-order valence-corrected chi connectivity index (χ2v) is 5.77. The van der Waals surface area contributed by atoms with Crippen LogP contribution in [0.3, 0.4) is 0 Å². The van der Waals surface area contributed by atoms with Gasteiger partial charge in [-0.15, -0.1) is 0 Å². The lowest BCUT2D eigenvalue weighted by Crippen LogP contribution is -2.27. The Labute approximate surface area is 140 Å². The molecule has 0 aliphatic heterocycles. The summed E-state index contributed by atoms with van der Waals surface area (Å²) in [5.41, 5.74) is 1.61. The maximum absolute atomic E-state index is 13.1. The lowest BCUT2D eigenvalue weighted by molar-refractivity contribution is -0.141. The number of aromatic amines is 1. The SMILES string of the molecule is CCOC(=O)c1oc(NC2CCc3c(n[nH]c3C)C2)nc1C(F)(F)F. The Morgan fingerprint density at radius 2 is 2.24 bits per heavy atom. The first-order chi connectivity index (χ1) is 11.8. The van der Waals surface area contributed by atoms with Crippen molar-refractivity contribution < 1.29 is 27.1 Å². The number of carbonyl (C=O) groups excluding carboxylic acids is 1. The number of aryl methyl sites for hydroxylation is 1. The van der Waals surface area contributed by atoms with Gasteiger partial charge >= 0.3 is 12.1 Å². The quantitative estimate of drug-likeness (QED) is 0.817. The highest BCUT2D eigenvalue weighted by Gasteiger charge is 2.42. The van der Waals surface area contributed by atoms with Crippen molar-refractivity contribution in [2.24, 2.45) is 0 Å². The van der Waals surface area contributed by atoms with Crippen LogP contribution in [0.15, 0.2) is 4.42 Å². The Kier molecular flexibility index (Phi) is 4.44. The summed E-state index contributed by atoms with van der Waals surface area (Å²) < 4.78 is 48.8. The third-order valence-corrected chi connectivity index (χ3v) is 4.03. The second kappa shape index (κ2) is 6.41. The van der Waals surface area contributed by atoms with Crippen LogP contribution >= 0.6 is 0 Å². The number of nitrogens with one attached hydrogen (secondary N) is 2. The molecule has 0 fully saturated rings. The summed E-state index contributed by atoms with van der Waals surface area (Å²) in [7, 11) is 0. The molecule has 2 heterocycles. The smallest absolute Gasteiger partial charge is 0.437 e. The number of rotatable bonds is 4. The van der Waals surface area contributed by atoms with Crippen LogP contribution in [0, 0.1) is 6.92 Å². The number of oxazole rings is 1. The van der Waals surface area contributed by atoms with E-state index in [1.807, 2.05) is 6.92 Å². The van der Waals surface area contributed by atoms with Crippen molar-refractivity contribution in [3.8, 4) is 0 Å². The number of alkyl halides is 3. The maximum atomic E-state index is 13.1. The van der Waals surface area contributed by atoms with Gasteiger partial charge < -0.3 is 14.5 Å². The zero-order valence-corrected chi connectivity index (χ0v) is 13.7. The van der Waals surface area contributed by atoms with E-state index < -0.39 is 23.6 Å². The molecule has 1 aliphatic rings. The molecule has 2 aromatic heterocycles. The number of H-pyrrole nitrogens is 1. The molecule has 1 aliphatic carbocycles. The summed E-state index contributed by atoms with van der Waals surface area (Å²) in [5, 5.41) is 9.91. The Balaban J connectivity index is 1.80. The molecular formula is C15H17F3N4O3. The van der Waals surface area contributed by atoms with Gasteiger partial charge in [0.05, 0.1) is 12.3 Å². The van der Waals surface area contributed by atoms with Gasteiger partial charge in [-0.25, -0.2) is 4.79 Å². The highest BCUT2D eigenvalue weighted by molar-refractivity contribution is 5.88. The lowest BCUT2D eigenvalue weighted by Gasteiger charge is -2.21. The van der Waals surface area contributed by atoms with E-state index in [1.165, 1.54) is 6.92 Å². The first-order valence-electron chi connectivity index (χ1n) is 7.84. The monoisotopic (exact) mass is 358 g/mol.